The molecule has 2 heterocycles. The molecule has 3 rings (SSSR count). The molecular formula is C20H31ClFN3O3S. The Morgan fingerprint density at radius 3 is 2.55 bits per heavy atom. The van der Waals surface area contributed by atoms with Gasteiger partial charge >= 0.3 is 0 Å². The minimum Gasteiger partial charge on any atom is -0.376 e. The van der Waals surface area contributed by atoms with E-state index in [4.69, 9.17) is 16.3 Å². The molecule has 2 aliphatic heterocycles. The van der Waals surface area contributed by atoms with Gasteiger partial charge in [0.1, 0.15) is 5.82 Å². The molecule has 2 saturated heterocycles. The lowest BCUT2D eigenvalue weighted by molar-refractivity contribution is -0.0342. The van der Waals surface area contributed by atoms with E-state index in [1.807, 2.05) is 11.8 Å². The lowest BCUT2D eigenvalue weighted by Gasteiger charge is -2.39. The van der Waals surface area contributed by atoms with Crippen LogP contribution in [-0.4, -0.2) is 63.1 Å². The van der Waals surface area contributed by atoms with E-state index in [9.17, 15) is 12.8 Å². The van der Waals surface area contributed by atoms with Gasteiger partial charge < -0.3 is 4.74 Å². The maximum absolute atomic E-state index is 14.7. The topological polar surface area (TPSA) is 61.9 Å². The van der Waals surface area contributed by atoms with E-state index < -0.39 is 22.1 Å². The fraction of sp³-hybridized carbons (Fsp3) is 0.700. The number of benzene rings is 1. The van der Waals surface area contributed by atoms with Crippen molar-refractivity contribution in [3.05, 3.63) is 34.6 Å². The van der Waals surface area contributed by atoms with E-state index in [2.05, 4.69) is 18.6 Å². The molecule has 0 amide bonds. The summed E-state index contributed by atoms with van der Waals surface area (Å²) in [5.41, 5.74) is 0.325. The highest BCUT2D eigenvalue weighted by Gasteiger charge is 2.34. The molecule has 1 aromatic rings. The zero-order valence-electron chi connectivity index (χ0n) is 17.3. The standard InChI is InChI=1S/C20H31ClFN3O3S/c1-14-9-15(2)12-25(11-14)29(26,27)23-10-19(24-7-8-28-16(3)13-24)20-17(21)5-4-6-18(20)22/h4-6,14-16,19,23H,7-13H2,1-3H3. The minimum atomic E-state index is -3.67. The van der Waals surface area contributed by atoms with Gasteiger partial charge in [-0.1, -0.05) is 31.5 Å². The Balaban J connectivity index is 1.82. The van der Waals surface area contributed by atoms with Crippen LogP contribution in [0, 0.1) is 17.7 Å². The van der Waals surface area contributed by atoms with Crippen LogP contribution in [-0.2, 0) is 14.9 Å². The SMILES string of the molecule is CC1CC(C)CN(S(=O)(=O)NCC(c2c(F)cccc2Cl)N2CCOC(C)C2)C1. The number of nitrogens with zero attached hydrogens (tertiary/aromatic N) is 2. The van der Waals surface area contributed by atoms with Crippen LogP contribution in [0.3, 0.4) is 0 Å². The van der Waals surface area contributed by atoms with Gasteiger partial charge in [-0.3, -0.25) is 4.90 Å². The Kier molecular flexibility index (Phi) is 7.56. The molecular weight excluding hydrogens is 417 g/mol. The third-order valence-corrected chi connectivity index (χ3v) is 7.52. The number of piperidine rings is 1. The maximum Gasteiger partial charge on any atom is 0.279 e. The Labute approximate surface area is 178 Å². The fourth-order valence-electron chi connectivity index (χ4n) is 4.45. The predicted octanol–water partition coefficient (Wildman–Crippen LogP) is 3.05. The molecule has 1 N–H and O–H groups in total. The third kappa shape index (κ3) is 5.68. The van der Waals surface area contributed by atoms with Gasteiger partial charge in [0.2, 0.25) is 0 Å². The highest BCUT2D eigenvalue weighted by atomic mass is 35.5. The average Bonchev–Trinajstić information content (AvgIpc) is 2.63. The van der Waals surface area contributed by atoms with Crippen LogP contribution in [0.15, 0.2) is 18.2 Å². The van der Waals surface area contributed by atoms with Gasteiger partial charge in [-0.25, -0.2) is 9.11 Å². The van der Waals surface area contributed by atoms with Crippen molar-refractivity contribution in [1.29, 1.82) is 0 Å². The van der Waals surface area contributed by atoms with Crippen molar-refractivity contribution in [2.45, 2.75) is 39.3 Å². The zero-order valence-corrected chi connectivity index (χ0v) is 18.8. The number of nitrogens with one attached hydrogen (secondary N) is 1. The molecule has 0 aromatic heterocycles. The molecule has 2 fully saturated rings. The van der Waals surface area contributed by atoms with Crippen LogP contribution < -0.4 is 4.72 Å². The van der Waals surface area contributed by atoms with E-state index in [1.54, 1.807) is 12.1 Å². The molecule has 0 bridgehead atoms. The number of hydrogen-bond donors (Lipinski definition) is 1. The zero-order chi connectivity index (χ0) is 21.2. The maximum atomic E-state index is 14.7. The summed E-state index contributed by atoms with van der Waals surface area (Å²) in [5.74, 6) is 0.195. The molecule has 6 nitrogen and oxygen atoms in total. The van der Waals surface area contributed by atoms with Crippen molar-refractivity contribution in [2.75, 3.05) is 39.3 Å². The van der Waals surface area contributed by atoms with Crippen molar-refractivity contribution >= 4 is 21.8 Å². The molecule has 0 saturated carbocycles. The van der Waals surface area contributed by atoms with Crippen molar-refractivity contribution in [2.24, 2.45) is 11.8 Å². The number of hydrogen-bond acceptors (Lipinski definition) is 4. The number of halogens is 2. The molecule has 164 valence electrons. The smallest absolute Gasteiger partial charge is 0.279 e. The lowest BCUT2D eigenvalue weighted by atomic mass is 9.94. The quantitative estimate of drug-likeness (QED) is 0.728. The van der Waals surface area contributed by atoms with E-state index in [0.717, 1.165) is 6.42 Å². The monoisotopic (exact) mass is 447 g/mol. The molecule has 1 aromatic carbocycles. The van der Waals surface area contributed by atoms with Crippen LogP contribution in [0.4, 0.5) is 4.39 Å². The van der Waals surface area contributed by atoms with Gasteiger partial charge in [-0.2, -0.15) is 12.7 Å². The third-order valence-electron chi connectivity index (χ3n) is 5.68. The van der Waals surface area contributed by atoms with Crippen LogP contribution in [0.5, 0.6) is 0 Å². The number of rotatable bonds is 6. The average molecular weight is 448 g/mol. The summed E-state index contributed by atoms with van der Waals surface area (Å²) in [5, 5.41) is 0.300. The first-order valence-electron chi connectivity index (χ1n) is 10.2. The predicted molar refractivity (Wildman–Crippen MR) is 113 cm³/mol. The summed E-state index contributed by atoms with van der Waals surface area (Å²) in [6, 6.07) is 4.05. The molecule has 9 heteroatoms. The Bertz CT molecular complexity index is 780. The van der Waals surface area contributed by atoms with Crippen LogP contribution in [0.2, 0.25) is 5.02 Å². The van der Waals surface area contributed by atoms with Crippen molar-refractivity contribution in [3.63, 3.8) is 0 Å². The van der Waals surface area contributed by atoms with Crippen LogP contribution >= 0.6 is 11.6 Å². The molecule has 0 radical (unpaired) electrons. The second-order valence-corrected chi connectivity index (χ2v) is 10.6. The highest BCUT2D eigenvalue weighted by molar-refractivity contribution is 7.87. The Morgan fingerprint density at radius 2 is 1.93 bits per heavy atom. The lowest BCUT2D eigenvalue weighted by Crippen LogP contribution is -2.51. The van der Waals surface area contributed by atoms with Gasteiger partial charge in [0, 0.05) is 43.3 Å². The first kappa shape index (κ1) is 22.9. The van der Waals surface area contributed by atoms with Crippen molar-refractivity contribution in [1.82, 2.24) is 13.9 Å². The fourth-order valence-corrected chi connectivity index (χ4v) is 6.19. The largest absolute Gasteiger partial charge is 0.376 e. The van der Waals surface area contributed by atoms with Crippen LogP contribution in [0.25, 0.3) is 0 Å². The molecule has 0 spiro atoms. The van der Waals surface area contributed by atoms with Gasteiger partial charge in [-0.15, -0.1) is 0 Å². The van der Waals surface area contributed by atoms with Crippen molar-refractivity contribution < 1.29 is 17.5 Å². The van der Waals surface area contributed by atoms with Gasteiger partial charge in [0.05, 0.1) is 18.8 Å². The summed E-state index contributed by atoms with van der Waals surface area (Å²) in [4.78, 5) is 2.04. The molecule has 29 heavy (non-hydrogen) atoms. The summed E-state index contributed by atoms with van der Waals surface area (Å²) in [6.45, 7) is 8.80. The van der Waals surface area contributed by atoms with Crippen LogP contribution in [0.1, 0.15) is 38.8 Å². The van der Waals surface area contributed by atoms with Gasteiger partial charge in [0.15, 0.2) is 0 Å². The van der Waals surface area contributed by atoms with E-state index in [-0.39, 0.29) is 12.6 Å². The van der Waals surface area contributed by atoms with E-state index in [1.165, 1.54) is 10.4 Å². The normalized spacial score (nSPS) is 28.4. The van der Waals surface area contributed by atoms with Gasteiger partial charge in [-0.05, 0) is 37.3 Å². The second-order valence-electron chi connectivity index (χ2n) is 8.44. The molecule has 2 aliphatic rings. The first-order chi connectivity index (χ1) is 13.7. The highest BCUT2D eigenvalue weighted by Crippen LogP contribution is 2.31. The molecule has 4 unspecified atom stereocenters. The first-order valence-corrected chi connectivity index (χ1v) is 12.0. The summed E-state index contributed by atoms with van der Waals surface area (Å²) < 4.78 is 50.5. The molecule has 4 atom stereocenters. The minimum absolute atomic E-state index is 0.0165. The Hall–Kier alpha value is -0.770. The Morgan fingerprint density at radius 1 is 1.24 bits per heavy atom. The summed E-state index contributed by atoms with van der Waals surface area (Å²) in [7, 11) is -3.67. The van der Waals surface area contributed by atoms with Crippen molar-refractivity contribution in [3.8, 4) is 0 Å². The number of morpholine rings is 1. The summed E-state index contributed by atoms with van der Waals surface area (Å²) in [6.07, 6.45) is 1.00. The van der Waals surface area contributed by atoms with E-state index in [0.29, 0.717) is 55.2 Å². The van der Waals surface area contributed by atoms with E-state index >= 15 is 0 Å². The summed E-state index contributed by atoms with van der Waals surface area (Å²) >= 11 is 6.33. The second kappa shape index (κ2) is 9.58. The van der Waals surface area contributed by atoms with Gasteiger partial charge in [0.25, 0.3) is 10.2 Å². The number of ether oxygens (including phenoxy) is 1. The molecule has 0 aliphatic carbocycles.